The minimum Gasteiger partial charge on any atom is -0.810 e. The Kier molecular flexibility index (Phi) is 22.0. The normalized spacial score (nSPS) is 11.9. The second-order valence-corrected chi connectivity index (χ2v) is 7.68. The average molecular weight is 391 g/mol. The SMILES string of the molecule is CCCCCCCCN(CP(=O)([O-])[O-])CP(=O)([O-])[O-].[K+].[K+]. The van der Waals surface area contributed by atoms with E-state index in [2.05, 4.69) is 6.92 Å². The quantitative estimate of drug-likeness (QED) is 0.194. The van der Waals surface area contributed by atoms with Gasteiger partial charge in [0.25, 0.3) is 0 Å². The zero-order chi connectivity index (χ0) is 14.9. The van der Waals surface area contributed by atoms with Gasteiger partial charge in [-0.15, -0.1) is 0 Å². The molecule has 0 fully saturated rings. The van der Waals surface area contributed by atoms with Crippen LogP contribution < -0.4 is 122 Å². The third-order valence-electron chi connectivity index (χ3n) is 2.57. The van der Waals surface area contributed by atoms with E-state index in [1.165, 1.54) is 0 Å². The van der Waals surface area contributed by atoms with E-state index < -0.39 is 27.8 Å². The Hall–Kier alpha value is 3.53. The van der Waals surface area contributed by atoms with Crippen molar-refractivity contribution in [3.05, 3.63) is 0 Å². The van der Waals surface area contributed by atoms with E-state index in [1.807, 2.05) is 0 Å². The number of unbranched alkanes of at least 4 members (excludes halogenated alkanes) is 5. The third-order valence-corrected chi connectivity index (χ3v) is 4.07. The molecule has 0 atom stereocenters. The summed E-state index contributed by atoms with van der Waals surface area (Å²) in [6, 6.07) is 0. The number of nitrogens with zero attached hydrogens (tertiary/aromatic N) is 1. The summed E-state index contributed by atoms with van der Waals surface area (Å²) in [6.45, 7) is 2.22. The van der Waals surface area contributed by atoms with Crippen LogP contribution in [-0.2, 0) is 9.13 Å². The van der Waals surface area contributed by atoms with Crippen molar-refractivity contribution in [3.63, 3.8) is 0 Å². The molecule has 0 aliphatic carbocycles. The Bertz CT molecular complexity index is 312. The van der Waals surface area contributed by atoms with Crippen LogP contribution in [0.2, 0.25) is 0 Å². The molecule has 0 bridgehead atoms. The summed E-state index contributed by atoms with van der Waals surface area (Å²) >= 11 is 0. The Morgan fingerprint density at radius 1 is 0.762 bits per heavy atom. The van der Waals surface area contributed by atoms with Gasteiger partial charge in [0, 0.05) is 12.6 Å². The minimum absolute atomic E-state index is 0. The molecule has 21 heavy (non-hydrogen) atoms. The molecule has 0 radical (unpaired) electrons. The molecule has 0 saturated heterocycles. The molecule has 0 heterocycles. The molecule has 11 heteroatoms. The molecule has 0 N–H and O–H groups in total. The van der Waals surface area contributed by atoms with Crippen LogP contribution in [0.1, 0.15) is 45.4 Å². The van der Waals surface area contributed by atoms with Gasteiger partial charge in [-0.3, -0.25) is 4.90 Å². The van der Waals surface area contributed by atoms with E-state index in [0.717, 1.165) is 37.0 Å². The Morgan fingerprint density at radius 2 is 1.14 bits per heavy atom. The van der Waals surface area contributed by atoms with Crippen LogP contribution in [0.3, 0.4) is 0 Å². The van der Waals surface area contributed by atoms with Crippen LogP contribution in [0.15, 0.2) is 0 Å². The third kappa shape index (κ3) is 23.5. The van der Waals surface area contributed by atoms with Crippen LogP contribution in [0.4, 0.5) is 0 Å². The Morgan fingerprint density at radius 3 is 1.52 bits per heavy atom. The number of hydrogen-bond acceptors (Lipinski definition) is 7. The molecule has 0 spiro atoms. The number of rotatable bonds is 11. The molecule has 0 aromatic rings. The fraction of sp³-hybridized carbons (Fsp3) is 1.00. The van der Waals surface area contributed by atoms with Crippen LogP contribution in [0, 0.1) is 0 Å². The molecular weight excluding hydrogens is 370 g/mol. The van der Waals surface area contributed by atoms with Gasteiger partial charge < -0.3 is 28.7 Å². The Labute approximate surface area is 212 Å². The number of hydrogen-bond donors (Lipinski definition) is 0. The van der Waals surface area contributed by atoms with Crippen molar-refractivity contribution < 1.29 is 131 Å². The summed E-state index contributed by atoms with van der Waals surface area (Å²) in [7, 11) is -9.69. The second kappa shape index (κ2) is 15.8. The largest absolute Gasteiger partial charge is 1.00 e. The molecule has 0 aliphatic heterocycles. The molecular formula is C10H21K2NO6P2-2. The van der Waals surface area contributed by atoms with Crippen LogP contribution >= 0.6 is 15.2 Å². The summed E-state index contributed by atoms with van der Waals surface area (Å²) in [6.07, 6.45) is 3.85. The van der Waals surface area contributed by atoms with Gasteiger partial charge in [0.1, 0.15) is 0 Å². The summed E-state index contributed by atoms with van der Waals surface area (Å²) in [4.78, 5) is 43.5. The maximum atomic E-state index is 10.6. The maximum absolute atomic E-state index is 10.6. The Balaban J connectivity index is -0.00000162. The summed E-state index contributed by atoms with van der Waals surface area (Å²) < 4.78 is 21.3. The monoisotopic (exact) mass is 391 g/mol. The predicted molar refractivity (Wildman–Crippen MR) is 65.0 cm³/mol. The zero-order valence-corrected chi connectivity index (χ0v) is 21.2. The molecule has 0 unspecified atom stereocenters. The van der Waals surface area contributed by atoms with E-state index in [-0.39, 0.29) is 109 Å². The summed E-state index contributed by atoms with van der Waals surface area (Å²) in [5.41, 5.74) is 0. The first kappa shape index (κ1) is 29.3. The van der Waals surface area contributed by atoms with Gasteiger partial charge in [-0.25, -0.2) is 0 Å². The minimum atomic E-state index is -4.85. The van der Waals surface area contributed by atoms with Gasteiger partial charge >= 0.3 is 103 Å². The molecule has 0 aromatic carbocycles. The molecule has 0 rings (SSSR count). The van der Waals surface area contributed by atoms with Gasteiger partial charge in [-0.05, 0) is 13.0 Å². The fourth-order valence-corrected chi connectivity index (χ4v) is 3.41. The molecule has 0 aromatic heterocycles. The van der Waals surface area contributed by atoms with Crippen LogP contribution in [0.5, 0.6) is 0 Å². The van der Waals surface area contributed by atoms with E-state index in [9.17, 15) is 28.7 Å². The van der Waals surface area contributed by atoms with Crippen molar-refractivity contribution in [3.8, 4) is 0 Å². The summed E-state index contributed by atoms with van der Waals surface area (Å²) in [5.74, 6) is 0. The smallest absolute Gasteiger partial charge is 0.810 e. The van der Waals surface area contributed by atoms with Crippen molar-refractivity contribution in [2.75, 3.05) is 19.1 Å². The van der Waals surface area contributed by atoms with Gasteiger partial charge in [0.05, 0.1) is 0 Å². The molecule has 0 saturated carbocycles. The standard InChI is InChI=1S/C10H25NO6P2.2K/c1-2-3-4-5-6-7-8-11(9-18(12,13)14)10-19(15,16)17;;/h2-10H2,1H3,(H2,12,13,14)(H2,15,16,17);;/q;2*+1/p-4. The molecule has 0 amide bonds. The van der Waals surface area contributed by atoms with Gasteiger partial charge in [0.15, 0.2) is 0 Å². The first-order valence-electron chi connectivity index (χ1n) is 6.38. The molecule has 7 nitrogen and oxygen atoms in total. The van der Waals surface area contributed by atoms with E-state index in [4.69, 9.17) is 0 Å². The first-order valence-corrected chi connectivity index (χ1v) is 9.84. The van der Waals surface area contributed by atoms with Gasteiger partial charge in [-0.2, -0.15) is 0 Å². The zero-order valence-electron chi connectivity index (χ0n) is 13.2. The summed E-state index contributed by atoms with van der Waals surface area (Å²) in [5, 5.41) is 0. The first-order chi connectivity index (χ1) is 8.64. The van der Waals surface area contributed by atoms with Gasteiger partial charge in [-0.1, -0.05) is 54.2 Å². The molecule has 116 valence electrons. The topological polar surface area (TPSA) is 130 Å². The van der Waals surface area contributed by atoms with E-state index in [1.54, 1.807) is 0 Å². The van der Waals surface area contributed by atoms with Crippen molar-refractivity contribution >= 4 is 15.2 Å². The van der Waals surface area contributed by atoms with Crippen LogP contribution in [0.25, 0.3) is 0 Å². The van der Waals surface area contributed by atoms with E-state index >= 15 is 0 Å². The van der Waals surface area contributed by atoms with Crippen molar-refractivity contribution in [1.29, 1.82) is 0 Å². The van der Waals surface area contributed by atoms with E-state index in [0.29, 0.717) is 6.42 Å². The predicted octanol–water partition coefficient (Wildman–Crippen LogP) is -6.60. The van der Waals surface area contributed by atoms with Crippen molar-refractivity contribution in [2.24, 2.45) is 0 Å². The van der Waals surface area contributed by atoms with Crippen molar-refractivity contribution in [1.82, 2.24) is 4.90 Å². The van der Waals surface area contributed by atoms with Gasteiger partial charge in [0.2, 0.25) is 0 Å². The second-order valence-electron chi connectivity index (χ2n) is 4.67. The fourth-order valence-electron chi connectivity index (χ4n) is 1.79. The van der Waals surface area contributed by atoms with Crippen molar-refractivity contribution in [2.45, 2.75) is 45.4 Å². The van der Waals surface area contributed by atoms with Crippen LogP contribution in [-0.4, -0.2) is 24.0 Å². The average Bonchev–Trinajstić information content (AvgIpc) is 2.18. The molecule has 0 aliphatic rings. The maximum Gasteiger partial charge on any atom is 1.00 e.